The summed E-state index contributed by atoms with van der Waals surface area (Å²) in [4.78, 5) is 17.0. The molecule has 1 amide bonds. The monoisotopic (exact) mass is 460 g/mol. The highest BCUT2D eigenvalue weighted by molar-refractivity contribution is 9.10. The van der Waals surface area contributed by atoms with Crippen LogP contribution in [0.5, 0.6) is 0 Å². The van der Waals surface area contributed by atoms with Crippen molar-refractivity contribution in [2.45, 2.75) is 26.5 Å². The number of aryl methyl sites for hydroxylation is 3. The lowest BCUT2D eigenvalue weighted by molar-refractivity contribution is -0.113. The van der Waals surface area contributed by atoms with Crippen molar-refractivity contribution < 1.29 is 4.79 Å². The Morgan fingerprint density at radius 3 is 2.63 bits per heavy atom. The topological polar surface area (TPSA) is 42.0 Å². The van der Waals surface area contributed by atoms with Gasteiger partial charge in [0.15, 0.2) is 0 Å². The van der Waals surface area contributed by atoms with Crippen LogP contribution < -0.4 is 5.32 Å². The molecule has 3 aromatic rings. The lowest BCUT2D eigenvalue weighted by Crippen LogP contribution is -2.16. The summed E-state index contributed by atoms with van der Waals surface area (Å²) in [7, 11) is 0. The van der Waals surface area contributed by atoms with Gasteiger partial charge in [-0.2, -0.15) is 0 Å². The maximum Gasteiger partial charge on any atom is 0.234 e. The number of nitrogens with one attached hydrogen (secondary N) is 1. The second-order valence-electron chi connectivity index (χ2n) is 6.47. The van der Waals surface area contributed by atoms with Crippen LogP contribution in [0, 0.1) is 20.8 Å². The molecule has 0 fully saturated rings. The molecule has 0 bridgehead atoms. The lowest BCUT2D eigenvalue weighted by atomic mass is 10.1. The van der Waals surface area contributed by atoms with Crippen LogP contribution in [0.3, 0.4) is 0 Å². The molecule has 0 saturated carbocycles. The molecule has 1 heterocycles. The third kappa shape index (κ3) is 5.43. The molecule has 3 rings (SSSR count). The number of nitrogens with zero attached hydrogens (tertiary/aromatic N) is 1. The lowest BCUT2D eigenvalue weighted by Gasteiger charge is -2.12. The van der Waals surface area contributed by atoms with Crippen LogP contribution >= 0.6 is 39.0 Å². The first-order valence-electron chi connectivity index (χ1n) is 8.58. The Morgan fingerprint density at radius 1 is 1.19 bits per heavy atom. The van der Waals surface area contributed by atoms with E-state index < -0.39 is 0 Å². The SMILES string of the molecule is Cc1cc(C)c(NC(=O)CSCc2csc(-c3cccc(Br)c3)n2)c(C)c1. The van der Waals surface area contributed by atoms with Gasteiger partial charge in [0.25, 0.3) is 0 Å². The standard InChI is InChI=1S/C21H21BrN2OS2/c1-13-7-14(2)20(15(3)8-13)24-19(25)12-26-10-18-11-27-21(23-18)16-5-4-6-17(22)9-16/h4-9,11H,10,12H2,1-3H3,(H,24,25). The summed E-state index contributed by atoms with van der Waals surface area (Å²) in [5, 5.41) is 6.11. The number of carbonyl (C=O) groups is 1. The molecule has 0 radical (unpaired) electrons. The molecular weight excluding hydrogens is 440 g/mol. The van der Waals surface area contributed by atoms with E-state index >= 15 is 0 Å². The first-order valence-corrected chi connectivity index (χ1v) is 11.4. The Balaban J connectivity index is 1.54. The minimum Gasteiger partial charge on any atom is -0.325 e. The fourth-order valence-corrected chi connectivity index (χ4v) is 4.97. The molecule has 140 valence electrons. The molecule has 3 nitrogen and oxygen atoms in total. The van der Waals surface area contributed by atoms with Crippen molar-refractivity contribution >= 4 is 50.6 Å². The normalized spacial score (nSPS) is 10.8. The third-order valence-electron chi connectivity index (χ3n) is 4.05. The molecule has 6 heteroatoms. The van der Waals surface area contributed by atoms with Crippen molar-refractivity contribution in [1.82, 2.24) is 4.98 Å². The number of carbonyl (C=O) groups excluding carboxylic acids is 1. The highest BCUT2D eigenvalue weighted by Crippen LogP contribution is 2.28. The van der Waals surface area contributed by atoms with Crippen molar-refractivity contribution in [2.75, 3.05) is 11.1 Å². The van der Waals surface area contributed by atoms with Crippen molar-refractivity contribution in [3.05, 3.63) is 68.6 Å². The van der Waals surface area contributed by atoms with Crippen LogP contribution in [0.2, 0.25) is 0 Å². The largest absolute Gasteiger partial charge is 0.325 e. The van der Waals surface area contributed by atoms with Gasteiger partial charge in [0.2, 0.25) is 5.91 Å². The molecule has 0 atom stereocenters. The molecule has 0 unspecified atom stereocenters. The maximum atomic E-state index is 12.3. The smallest absolute Gasteiger partial charge is 0.234 e. The molecule has 1 aromatic heterocycles. The molecule has 0 saturated heterocycles. The molecule has 0 aliphatic rings. The van der Waals surface area contributed by atoms with Gasteiger partial charge < -0.3 is 5.32 Å². The number of thiazole rings is 1. The van der Waals surface area contributed by atoms with Crippen LogP contribution in [-0.2, 0) is 10.5 Å². The van der Waals surface area contributed by atoms with Gasteiger partial charge in [0.05, 0.1) is 11.4 Å². The van der Waals surface area contributed by atoms with Gasteiger partial charge in [-0.15, -0.1) is 23.1 Å². The van der Waals surface area contributed by atoms with Gasteiger partial charge in [-0.25, -0.2) is 4.98 Å². The Kier molecular flexibility index (Phi) is 6.73. The highest BCUT2D eigenvalue weighted by atomic mass is 79.9. The van der Waals surface area contributed by atoms with Crippen molar-refractivity contribution in [3.8, 4) is 10.6 Å². The molecule has 0 spiro atoms. The zero-order chi connectivity index (χ0) is 19.4. The number of anilines is 1. The van der Waals surface area contributed by atoms with E-state index in [0.717, 1.165) is 43.3 Å². The predicted molar refractivity (Wildman–Crippen MR) is 121 cm³/mol. The van der Waals surface area contributed by atoms with E-state index in [1.807, 2.05) is 26.0 Å². The summed E-state index contributed by atoms with van der Waals surface area (Å²) in [6.07, 6.45) is 0. The van der Waals surface area contributed by atoms with E-state index in [2.05, 4.69) is 62.8 Å². The molecule has 1 N–H and O–H groups in total. The minimum atomic E-state index is 0.0255. The molecular formula is C21H21BrN2OS2. The average molecular weight is 461 g/mol. The van der Waals surface area contributed by atoms with Crippen LogP contribution in [0.25, 0.3) is 10.6 Å². The quantitative estimate of drug-likeness (QED) is 0.464. The fourth-order valence-electron chi connectivity index (χ4n) is 2.93. The third-order valence-corrected chi connectivity index (χ3v) is 6.45. The van der Waals surface area contributed by atoms with Crippen LogP contribution in [0.4, 0.5) is 5.69 Å². The summed E-state index contributed by atoms with van der Waals surface area (Å²) in [6.45, 7) is 6.13. The predicted octanol–water partition coefficient (Wildman–Crippen LogP) is 6.37. The van der Waals surface area contributed by atoms with Crippen LogP contribution in [0.15, 0.2) is 46.3 Å². The molecule has 2 aromatic carbocycles. The van der Waals surface area contributed by atoms with Gasteiger partial charge in [0, 0.05) is 26.9 Å². The van der Waals surface area contributed by atoms with Gasteiger partial charge in [-0.3, -0.25) is 4.79 Å². The first-order chi connectivity index (χ1) is 12.9. The molecule has 27 heavy (non-hydrogen) atoms. The van der Waals surface area contributed by atoms with Gasteiger partial charge >= 0.3 is 0 Å². The van der Waals surface area contributed by atoms with Crippen molar-refractivity contribution in [2.24, 2.45) is 0 Å². The van der Waals surface area contributed by atoms with Gasteiger partial charge in [-0.1, -0.05) is 45.8 Å². The number of hydrogen-bond acceptors (Lipinski definition) is 4. The number of aromatic nitrogens is 1. The summed E-state index contributed by atoms with van der Waals surface area (Å²) in [6, 6.07) is 12.3. The number of thioether (sulfide) groups is 1. The maximum absolute atomic E-state index is 12.3. The van der Waals surface area contributed by atoms with E-state index in [1.165, 1.54) is 5.56 Å². The van der Waals surface area contributed by atoms with Crippen molar-refractivity contribution in [3.63, 3.8) is 0 Å². The van der Waals surface area contributed by atoms with Crippen LogP contribution in [-0.4, -0.2) is 16.6 Å². The molecule has 0 aliphatic heterocycles. The zero-order valence-corrected chi connectivity index (χ0v) is 18.7. The second-order valence-corrected chi connectivity index (χ2v) is 9.23. The second kappa shape index (κ2) is 9.04. The fraction of sp³-hybridized carbons (Fsp3) is 0.238. The van der Waals surface area contributed by atoms with E-state index in [0.29, 0.717) is 5.75 Å². The van der Waals surface area contributed by atoms with E-state index in [1.54, 1.807) is 23.1 Å². The van der Waals surface area contributed by atoms with Gasteiger partial charge in [0.1, 0.15) is 5.01 Å². The van der Waals surface area contributed by atoms with Crippen molar-refractivity contribution in [1.29, 1.82) is 0 Å². The summed E-state index contributed by atoms with van der Waals surface area (Å²) in [5.74, 6) is 1.16. The Morgan fingerprint density at radius 2 is 1.93 bits per heavy atom. The van der Waals surface area contributed by atoms with Crippen LogP contribution in [0.1, 0.15) is 22.4 Å². The average Bonchev–Trinajstić information content (AvgIpc) is 3.07. The number of hydrogen-bond donors (Lipinski definition) is 1. The zero-order valence-electron chi connectivity index (χ0n) is 15.5. The Bertz CT molecular complexity index is 945. The Labute approximate surface area is 176 Å². The number of benzene rings is 2. The number of rotatable bonds is 6. The van der Waals surface area contributed by atoms with E-state index in [4.69, 9.17) is 0 Å². The number of amides is 1. The first kappa shape index (κ1) is 20.1. The highest BCUT2D eigenvalue weighted by Gasteiger charge is 2.10. The molecule has 0 aliphatic carbocycles. The number of halogens is 1. The summed E-state index contributed by atoms with van der Waals surface area (Å²) in [5.41, 5.74) is 6.45. The Hall–Kier alpha value is -1.63. The van der Waals surface area contributed by atoms with E-state index in [9.17, 15) is 4.79 Å². The summed E-state index contributed by atoms with van der Waals surface area (Å²) >= 11 is 6.71. The minimum absolute atomic E-state index is 0.0255. The summed E-state index contributed by atoms with van der Waals surface area (Å²) < 4.78 is 1.05. The van der Waals surface area contributed by atoms with E-state index in [-0.39, 0.29) is 5.91 Å². The van der Waals surface area contributed by atoms with Gasteiger partial charge in [-0.05, 0) is 44.0 Å².